The van der Waals surface area contributed by atoms with E-state index in [9.17, 15) is 18.0 Å². The number of rotatable bonds is 5. The quantitative estimate of drug-likeness (QED) is 0.473. The summed E-state index contributed by atoms with van der Waals surface area (Å²) in [6.07, 6.45) is -2.59. The molecule has 34 heavy (non-hydrogen) atoms. The number of alkyl halides is 3. The molecule has 1 atom stereocenters. The summed E-state index contributed by atoms with van der Waals surface area (Å²) >= 11 is 0. The third-order valence-corrected chi connectivity index (χ3v) is 6.23. The zero-order chi connectivity index (χ0) is 24.3. The molecule has 1 saturated heterocycles. The van der Waals surface area contributed by atoms with E-state index in [2.05, 4.69) is 66.5 Å². The molecule has 1 aliphatic heterocycles. The molecule has 1 amide bonds. The summed E-state index contributed by atoms with van der Waals surface area (Å²) < 4.78 is 38.2. The molecule has 4 rings (SSSR count). The zero-order valence-electron chi connectivity index (χ0n) is 19.5. The van der Waals surface area contributed by atoms with E-state index in [1.807, 2.05) is 0 Å². The van der Waals surface area contributed by atoms with Crippen LogP contribution in [0.15, 0.2) is 66.7 Å². The fourth-order valence-corrected chi connectivity index (χ4v) is 4.60. The monoisotopic (exact) mass is 466 g/mol. The second kappa shape index (κ2) is 10.0. The van der Waals surface area contributed by atoms with Gasteiger partial charge < -0.3 is 5.32 Å². The number of hydrogen-bond donors (Lipinski definition) is 1. The van der Waals surface area contributed by atoms with Crippen molar-refractivity contribution in [1.82, 2.24) is 10.2 Å². The summed E-state index contributed by atoms with van der Waals surface area (Å²) in [5, 5.41) is 2.99. The standard InChI is InChI=1S/C28H29F3N2O/c1-19-14-20(2)16-24(15-19)22-7-5-21(6-8-22)17-33-13-3-4-26(18-33)32-27(34)23-9-11-25(12-10-23)28(29,30)31/h5-12,14-16,26H,3-4,13,17-18H2,1-2H3,(H,32,34). The van der Waals surface area contributed by atoms with Crippen LogP contribution in [0.1, 0.15) is 45.5 Å². The molecule has 0 radical (unpaired) electrons. The number of carbonyl (C=O) groups is 1. The fraction of sp³-hybridized carbons (Fsp3) is 0.321. The van der Waals surface area contributed by atoms with Crippen LogP contribution in [-0.4, -0.2) is 29.9 Å². The van der Waals surface area contributed by atoms with Gasteiger partial charge in [-0.25, -0.2) is 0 Å². The highest BCUT2D eigenvalue weighted by atomic mass is 19.4. The van der Waals surface area contributed by atoms with Gasteiger partial charge >= 0.3 is 6.18 Å². The van der Waals surface area contributed by atoms with E-state index in [4.69, 9.17) is 0 Å². The summed E-state index contributed by atoms with van der Waals surface area (Å²) in [5.74, 6) is -0.335. The molecule has 1 heterocycles. The Morgan fingerprint density at radius 1 is 0.941 bits per heavy atom. The van der Waals surface area contributed by atoms with Crippen LogP contribution in [0.5, 0.6) is 0 Å². The maximum absolute atomic E-state index is 12.7. The maximum Gasteiger partial charge on any atom is 0.416 e. The molecule has 1 N–H and O–H groups in total. The van der Waals surface area contributed by atoms with Crippen LogP contribution in [-0.2, 0) is 12.7 Å². The van der Waals surface area contributed by atoms with Crippen molar-refractivity contribution in [2.24, 2.45) is 0 Å². The van der Waals surface area contributed by atoms with Gasteiger partial charge in [0.25, 0.3) is 5.91 Å². The van der Waals surface area contributed by atoms with Gasteiger partial charge in [0, 0.05) is 24.7 Å². The molecule has 0 aliphatic carbocycles. The van der Waals surface area contributed by atoms with E-state index < -0.39 is 11.7 Å². The zero-order valence-corrected chi connectivity index (χ0v) is 19.5. The second-order valence-electron chi connectivity index (χ2n) is 9.20. The SMILES string of the molecule is Cc1cc(C)cc(-c2ccc(CN3CCCC(NC(=O)c4ccc(C(F)(F)F)cc4)C3)cc2)c1. The molecule has 1 fully saturated rings. The highest BCUT2D eigenvalue weighted by molar-refractivity contribution is 5.94. The number of hydrogen-bond acceptors (Lipinski definition) is 2. The fourth-order valence-electron chi connectivity index (χ4n) is 4.60. The Morgan fingerprint density at radius 3 is 2.21 bits per heavy atom. The number of amides is 1. The van der Waals surface area contributed by atoms with E-state index in [1.54, 1.807) is 0 Å². The Kier molecular flexibility index (Phi) is 7.08. The molecule has 0 spiro atoms. The maximum atomic E-state index is 12.7. The minimum Gasteiger partial charge on any atom is -0.348 e. The predicted molar refractivity (Wildman–Crippen MR) is 129 cm³/mol. The van der Waals surface area contributed by atoms with Crippen molar-refractivity contribution in [3.05, 3.63) is 94.5 Å². The Labute approximate surface area is 198 Å². The lowest BCUT2D eigenvalue weighted by atomic mass is 9.99. The van der Waals surface area contributed by atoms with Crippen molar-refractivity contribution in [3.63, 3.8) is 0 Å². The normalized spacial score (nSPS) is 16.9. The van der Waals surface area contributed by atoms with Crippen LogP contribution in [0.4, 0.5) is 13.2 Å². The number of aryl methyl sites for hydroxylation is 2. The van der Waals surface area contributed by atoms with Crippen LogP contribution in [0.25, 0.3) is 11.1 Å². The third kappa shape index (κ3) is 6.06. The lowest BCUT2D eigenvalue weighted by Gasteiger charge is -2.33. The summed E-state index contributed by atoms with van der Waals surface area (Å²) in [5.41, 5.74) is 5.60. The summed E-state index contributed by atoms with van der Waals surface area (Å²) in [7, 11) is 0. The third-order valence-electron chi connectivity index (χ3n) is 6.23. The van der Waals surface area contributed by atoms with E-state index in [0.717, 1.165) is 38.1 Å². The molecule has 1 aliphatic rings. The van der Waals surface area contributed by atoms with Crippen molar-refractivity contribution >= 4 is 5.91 Å². The Morgan fingerprint density at radius 2 is 1.59 bits per heavy atom. The molecule has 0 aromatic heterocycles. The van der Waals surface area contributed by atoms with Gasteiger partial charge in [0.2, 0.25) is 0 Å². The average Bonchev–Trinajstić information content (AvgIpc) is 2.79. The predicted octanol–water partition coefficient (Wildman–Crippen LogP) is 6.38. The molecule has 3 aromatic carbocycles. The number of halogens is 3. The van der Waals surface area contributed by atoms with Gasteiger partial charge in [0.15, 0.2) is 0 Å². The van der Waals surface area contributed by atoms with Crippen LogP contribution in [0, 0.1) is 13.8 Å². The van der Waals surface area contributed by atoms with Crippen LogP contribution in [0.3, 0.4) is 0 Å². The first-order valence-electron chi connectivity index (χ1n) is 11.6. The summed E-state index contributed by atoms with van der Waals surface area (Å²) in [6, 6.07) is 19.5. The Bertz CT molecular complexity index is 1120. The van der Waals surface area contributed by atoms with Crippen LogP contribution >= 0.6 is 0 Å². The topological polar surface area (TPSA) is 32.3 Å². The number of nitrogens with zero attached hydrogens (tertiary/aromatic N) is 1. The lowest BCUT2D eigenvalue weighted by molar-refractivity contribution is -0.137. The first kappa shape index (κ1) is 24.0. The van der Waals surface area contributed by atoms with Gasteiger partial charge in [-0.2, -0.15) is 13.2 Å². The largest absolute Gasteiger partial charge is 0.416 e. The molecular weight excluding hydrogens is 437 g/mol. The van der Waals surface area contributed by atoms with E-state index >= 15 is 0 Å². The van der Waals surface area contributed by atoms with Gasteiger partial charge in [0.05, 0.1) is 5.56 Å². The summed E-state index contributed by atoms with van der Waals surface area (Å²) in [6.45, 7) is 6.67. The molecule has 3 nitrogen and oxygen atoms in total. The van der Waals surface area contributed by atoms with E-state index in [0.29, 0.717) is 6.54 Å². The molecule has 6 heteroatoms. The van der Waals surface area contributed by atoms with Crippen molar-refractivity contribution in [1.29, 1.82) is 0 Å². The van der Waals surface area contributed by atoms with Crippen LogP contribution < -0.4 is 5.32 Å². The number of nitrogens with one attached hydrogen (secondary N) is 1. The first-order valence-corrected chi connectivity index (χ1v) is 11.6. The number of benzene rings is 3. The molecular formula is C28H29F3N2O. The molecule has 1 unspecified atom stereocenters. The summed E-state index contributed by atoms with van der Waals surface area (Å²) in [4.78, 5) is 14.9. The van der Waals surface area contributed by atoms with E-state index in [1.165, 1.54) is 39.9 Å². The van der Waals surface area contributed by atoms with Gasteiger partial charge in [-0.15, -0.1) is 0 Å². The van der Waals surface area contributed by atoms with Crippen LogP contribution in [0.2, 0.25) is 0 Å². The molecule has 0 bridgehead atoms. The molecule has 178 valence electrons. The van der Waals surface area contributed by atoms with Gasteiger partial charge in [-0.05, 0) is 74.2 Å². The van der Waals surface area contributed by atoms with Gasteiger partial charge in [-0.1, -0.05) is 53.6 Å². The van der Waals surface area contributed by atoms with Crippen molar-refractivity contribution in [2.45, 2.75) is 45.5 Å². The van der Waals surface area contributed by atoms with Gasteiger partial charge in [0.1, 0.15) is 0 Å². The Hall–Kier alpha value is -3.12. The highest BCUT2D eigenvalue weighted by Gasteiger charge is 2.30. The van der Waals surface area contributed by atoms with Crippen molar-refractivity contribution in [3.8, 4) is 11.1 Å². The minimum atomic E-state index is -4.41. The van der Waals surface area contributed by atoms with Gasteiger partial charge in [-0.3, -0.25) is 9.69 Å². The lowest BCUT2D eigenvalue weighted by Crippen LogP contribution is -2.47. The molecule has 3 aromatic rings. The Balaban J connectivity index is 1.34. The minimum absolute atomic E-state index is 0.0296. The van der Waals surface area contributed by atoms with Crippen molar-refractivity contribution < 1.29 is 18.0 Å². The van der Waals surface area contributed by atoms with Crippen molar-refractivity contribution in [2.75, 3.05) is 13.1 Å². The average molecular weight is 467 g/mol. The molecule has 0 saturated carbocycles. The number of piperidine rings is 1. The second-order valence-corrected chi connectivity index (χ2v) is 9.20. The number of carbonyl (C=O) groups excluding carboxylic acids is 1. The number of likely N-dealkylation sites (tertiary alicyclic amines) is 1. The first-order chi connectivity index (χ1) is 16.2. The van der Waals surface area contributed by atoms with E-state index in [-0.39, 0.29) is 17.5 Å². The smallest absolute Gasteiger partial charge is 0.348 e. The highest BCUT2D eigenvalue weighted by Crippen LogP contribution is 2.29.